The minimum Gasteiger partial charge on any atom is -0.392 e. The molecule has 2 heterocycles. The molecule has 1 aliphatic carbocycles. The predicted molar refractivity (Wildman–Crippen MR) is 95.2 cm³/mol. The molecule has 1 N–H and O–H groups in total. The van der Waals surface area contributed by atoms with Crippen molar-refractivity contribution in [3.63, 3.8) is 0 Å². The molecule has 2 fully saturated rings. The average Bonchev–Trinajstić information content (AvgIpc) is 2.92. The molecule has 0 amide bonds. The highest BCUT2D eigenvalue weighted by molar-refractivity contribution is 5.92. The summed E-state index contributed by atoms with van der Waals surface area (Å²) in [6.07, 6.45) is 0.259. The van der Waals surface area contributed by atoms with Crippen molar-refractivity contribution in [3.05, 3.63) is 35.5 Å². The van der Waals surface area contributed by atoms with Crippen LogP contribution in [0.2, 0.25) is 0 Å². The standard InChI is InChI=1S/C20H23F3N2O/c1-13-10-17(15-6-5-14(20(21,22)23)11-16(15)24-13)25-9-3-8-19(12-25)7-2-4-18(19)26/h5-6,10-11,18,26H,2-4,7-9,12H2,1H3/t18-,19+/m1/s1. The number of fused-ring (bicyclic) bond motifs is 1. The van der Waals surface area contributed by atoms with Gasteiger partial charge in [0.25, 0.3) is 0 Å². The second-order valence-corrected chi connectivity index (χ2v) is 7.81. The normalized spacial score (nSPS) is 26.8. The van der Waals surface area contributed by atoms with Crippen molar-refractivity contribution in [2.24, 2.45) is 5.41 Å². The molecule has 0 bridgehead atoms. The van der Waals surface area contributed by atoms with Crippen molar-refractivity contribution >= 4 is 16.6 Å². The van der Waals surface area contributed by atoms with E-state index in [1.807, 2.05) is 13.0 Å². The van der Waals surface area contributed by atoms with E-state index in [4.69, 9.17) is 0 Å². The van der Waals surface area contributed by atoms with Crippen LogP contribution in [-0.4, -0.2) is 29.3 Å². The molecule has 3 nitrogen and oxygen atoms in total. The SMILES string of the molecule is Cc1cc(N2CCC[C@@]3(CCC[C@H]3O)C2)c2ccc(C(F)(F)F)cc2n1. The molecule has 1 spiro atoms. The van der Waals surface area contributed by atoms with Crippen molar-refractivity contribution in [2.75, 3.05) is 18.0 Å². The summed E-state index contributed by atoms with van der Waals surface area (Å²) in [6.45, 7) is 3.43. The largest absolute Gasteiger partial charge is 0.416 e. The van der Waals surface area contributed by atoms with E-state index in [1.54, 1.807) is 0 Å². The van der Waals surface area contributed by atoms with E-state index in [-0.39, 0.29) is 11.5 Å². The molecule has 1 aromatic carbocycles. The van der Waals surface area contributed by atoms with Crippen molar-refractivity contribution in [1.82, 2.24) is 4.98 Å². The number of halogens is 3. The Balaban J connectivity index is 1.76. The first kappa shape index (κ1) is 17.6. The summed E-state index contributed by atoms with van der Waals surface area (Å²) in [4.78, 5) is 6.57. The highest BCUT2D eigenvalue weighted by Gasteiger charge is 2.45. The molecule has 1 saturated carbocycles. The van der Waals surface area contributed by atoms with Gasteiger partial charge in [-0.3, -0.25) is 4.98 Å². The van der Waals surface area contributed by atoms with Crippen LogP contribution in [-0.2, 0) is 6.18 Å². The number of hydrogen-bond acceptors (Lipinski definition) is 3. The summed E-state index contributed by atoms with van der Waals surface area (Å²) in [5, 5.41) is 11.2. The van der Waals surface area contributed by atoms with Gasteiger partial charge in [0.05, 0.1) is 17.2 Å². The molecule has 2 aliphatic rings. The lowest BCUT2D eigenvalue weighted by Crippen LogP contribution is -2.47. The number of piperidine rings is 1. The Kier molecular flexibility index (Phi) is 4.14. The molecule has 4 rings (SSSR count). The molecule has 1 saturated heterocycles. The van der Waals surface area contributed by atoms with Crippen molar-refractivity contribution in [2.45, 2.75) is 51.3 Å². The van der Waals surface area contributed by atoms with Gasteiger partial charge in [-0.25, -0.2) is 0 Å². The molecular weight excluding hydrogens is 341 g/mol. The number of benzene rings is 1. The van der Waals surface area contributed by atoms with Crippen LogP contribution < -0.4 is 4.90 Å². The molecule has 140 valence electrons. The third-order valence-electron chi connectivity index (χ3n) is 6.05. The number of rotatable bonds is 1. The van der Waals surface area contributed by atoms with Crippen molar-refractivity contribution in [1.29, 1.82) is 0 Å². The summed E-state index contributed by atoms with van der Waals surface area (Å²) in [6, 6.07) is 5.76. The number of aliphatic hydroxyl groups is 1. The van der Waals surface area contributed by atoms with Gasteiger partial charge >= 0.3 is 6.18 Å². The highest BCUT2D eigenvalue weighted by atomic mass is 19.4. The maximum atomic E-state index is 13.0. The molecular formula is C20H23F3N2O. The first-order valence-electron chi connectivity index (χ1n) is 9.20. The second-order valence-electron chi connectivity index (χ2n) is 7.81. The quantitative estimate of drug-likeness (QED) is 0.797. The van der Waals surface area contributed by atoms with E-state index in [9.17, 15) is 18.3 Å². The van der Waals surface area contributed by atoms with Crippen LogP contribution in [0.15, 0.2) is 24.3 Å². The summed E-state index contributed by atoms with van der Waals surface area (Å²) >= 11 is 0. The maximum Gasteiger partial charge on any atom is 0.416 e. The van der Waals surface area contributed by atoms with E-state index in [0.717, 1.165) is 68.4 Å². The van der Waals surface area contributed by atoms with Gasteiger partial charge in [-0.1, -0.05) is 12.5 Å². The van der Waals surface area contributed by atoms with Crippen LogP contribution in [0, 0.1) is 12.3 Å². The Morgan fingerprint density at radius 3 is 2.65 bits per heavy atom. The Bertz CT molecular complexity index is 836. The van der Waals surface area contributed by atoms with Gasteiger partial charge in [-0.2, -0.15) is 13.2 Å². The van der Waals surface area contributed by atoms with Gasteiger partial charge in [0.15, 0.2) is 0 Å². The lowest BCUT2D eigenvalue weighted by molar-refractivity contribution is -0.137. The number of anilines is 1. The van der Waals surface area contributed by atoms with Crippen LogP contribution in [0.4, 0.5) is 18.9 Å². The number of aliphatic hydroxyl groups excluding tert-OH is 1. The molecule has 0 radical (unpaired) electrons. The first-order valence-corrected chi connectivity index (χ1v) is 9.20. The lowest BCUT2D eigenvalue weighted by atomic mass is 9.76. The van der Waals surface area contributed by atoms with Gasteiger partial charge in [0.2, 0.25) is 0 Å². The third-order valence-corrected chi connectivity index (χ3v) is 6.05. The minimum absolute atomic E-state index is 0.0757. The van der Waals surface area contributed by atoms with Crippen LogP contribution in [0.3, 0.4) is 0 Å². The highest BCUT2D eigenvalue weighted by Crippen LogP contribution is 2.46. The Hall–Kier alpha value is -1.82. The second kappa shape index (κ2) is 6.12. The Labute approximate surface area is 150 Å². The number of aryl methyl sites for hydroxylation is 1. The topological polar surface area (TPSA) is 36.4 Å². The van der Waals surface area contributed by atoms with Crippen LogP contribution in [0.1, 0.15) is 43.4 Å². The van der Waals surface area contributed by atoms with E-state index in [2.05, 4.69) is 9.88 Å². The zero-order valence-electron chi connectivity index (χ0n) is 14.8. The van der Waals surface area contributed by atoms with E-state index in [1.165, 1.54) is 6.07 Å². The van der Waals surface area contributed by atoms with Gasteiger partial charge in [-0.15, -0.1) is 0 Å². The van der Waals surface area contributed by atoms with E-state index >= 15 is 0 Å². The summed E-state index contributed by atoms with van der Waals surface area (Å²) in [5.41, 5.74) is 1.27. The summed E-state index contributed by atoms with van der Waals surface area (Å²) in [7, 11) is 0. The predicted octanol–water partition coefficient (Wildman–Crippen LogP) is 4.69. The van der Waals surface area contributed by atoms with Gasteiger partial charge < -0.3 is 10.0 Å². The molecule has 26 heavy (non-hydrogen) atoms. The zero-order valence-corrected chi connectivity index (χ0v) is 14.8. The third kappa shape index (κ3) is 2.94. The van der Waals surface area contributed by atoms with Gasteiger partial charge in [0.1, 0.15) is 0 Å². The number of hydrogen-bond donors (Lipinski definition) is 1. The average molecular weight is 364 g/mol. The monoisotopic (exact) mass is 364 g/mol. The molecule has 2 aromatic rings. The Morgan fingerprint density at radius 1 is 1.19 bits per heavy atom. The van der Waals surface area contributed by atoms with Gasteiger partial charge in [0, 0.05) is 35.3 Å². The Morgan fingerprint density at radius 2 is 1.96 bits per heavy atom. The van der Waals surface area contributed by atoms with E-state index in [0.29, 0.717) is 11.2 Å². The fourth-order valence-electron chi connectivity index (χ4n) is 4.74. The minimum atomic E-state index is -4.37. The summed E-state index contributed by atoms with van der Waals surface area (Å²) < 4.78 is 39.1. The first-order chi connectivity index (χ1) is 12.3. The van der Waals surface area contributed by atoms with Crippen LogP contribution >= 0.6 is 0 Å². The van der Waals surface area contributed by atoms with Crippen molar-refractivity contribution < 1.29 is 18.3 Å². The number of pyridine rings is 1. The fraction of sp³-hybridized carbons (Fsp3) is 0.550. The molecule has 0 unspecified atom stereocenters. The van der Waals surface area contributed by atoms with E-state index < -0.39 is 11.7 Å². The molecule has 1 aromatic heterocycles. The van der Waals surface area contributed by atoms with Crippen molar-refractivity contribution in [3.8, 4) is 0 Å². The van der Waals surface area contributed by atoms with Crippen LogP contribution in [0.25, 0.3) is 10.9 Å². The fourth-order valence-corrected chi connectivity index (χ4v) is 4.74. The lowest BCUT2D eigenvalue weighted by Gasteiger charge is -2.44. The smallest absolute Gasteiger partial charge is 0.392 e. The zero-order chi connectivity index (χ0) is 18.5. The van der Waals surface area contributed by atoms with Gasteiger partial charge in [-0.05, 0) is 50.8 Å². The van der Waals surface area contributed by atoms with Crippen LogP contribution in [0.5, 0.6) is 0 Å². The molecule has 1 aliphatic heterocycles. The summed E-state index contributed by atoms with van der Waals surface area (Å²) in [5.74, 6) is 0. The molecule has 6 heteroatoms. The number of alkyl halides is 3. The number of nitrogens with zero attached hydrogens (tertiary/aromatic N) is 2. The number of aromatic nitrogens is 1. The maximum absolute atomic E-state index is 13.0. The molecule has 2 atom stereocenters.